The molecule has 0 spiro atoms. The second kappa shape index (κ2) is 9.62. The van der Waals surface area contributed by atoms with Gasteiger partial charge in [-0.3, -0.25) is 0 Å². The SMILES string of the molecule is CCCC1CC[C@@H]2C[C@H](c3cc(F)c(-c4ccc(OC(F)F)cc4)c(F)c3)CC[C@@H]2C1. The maximum absolute atomic E-state index is 14.9. The second-order valence-corrected chi connectivity index (χ2v) is 9.26. The first-order valence-electron chi connectivity index (χ1n) is 11.5. The van der Waals surface area contributed by atoms with Gasteiger partial charge in [0, 0.05) is 0 Å². The maximum atomic E-state index is 14.9. The van der Waals surface area contributed by atoms with Crippen molar-refractivity contribution >= 4 is 0 Å². The summed E-state index contributed by atoms with van der Waals surface area (Å²) in [5.41, 5.74) is 0.924. The third-order valence-electron chi connectivity index (χ3n) is 7.32. The van der Waals surface area contributed by atoms with Gasteiger partial charge in [-0.2, -0.15) is 8.78 Å². The Hall–Kier alpha value is -2.04. The fourth-order valence-corrected chi connectivity index (χ4v) is 5.87. The highest BCUT2D eigenvalue weighted by molar-refractivity contribution is 5.66. The van der Waals surface area contributed by atoms with Crippen LogP contribution in [0.2, 0.25) is 0 Å². The quantitative estimate of drug-likeness (QED) is 0.415. The minimum atomic E-state index is -2.93. The molecule has 5 heteroatoms. The van der Waals surface area contributed by atoms with E-state index in [1.54, 1.807) is 0 Å². The lowest BCUT2D eigenvalue weighted by Gasteiger charge is -2.42. The smallest absolute Gasteiger partial charge is 0.387 e. The van der Waals surface area contributed by atoms with E-state index >= 15 is 0 Å². The van der Waals surface area contributed by atoms with E-state index in [1.807, 2.05) is 0 Å². The van der Waals surface area contributed by atoms with Gasteiger partial charge in [0.1, 0.15) is 17.4 Å². The molecule has 0 bridgehead atoms. The van der Waals surface area contributed by atoms with E-state index in [4.69, 9.17) is 0 Å². The number of rotatable bonds is 6. The van der Waals surface area contributed by atoms with Gasteiger partial charge < -0.3 is 4.74 Å². The lowest BCUT2D eigenvalue weighted by Crippen LogP contribution is -2.30. The number of hydrogen-bond acceptors (Lipinski definition) is 1. The molecule has 2 saturated carbocycles. The number of hydrogen-bond donors (Lipinski definition) is 0. The summed E-state index contributed by atoms with van der Waals surface area (Å²) in [6.45, 7) is -0.684. The van der Waals surface area contributed by atoms with Gasteiger partial charge in [0.25, 0.3) is 0 Å². The van der Waals surface area contributed by atoms with Crippen LogP contribution in [0.4, 0.5) is 17.6 Å². The van der Waals surface area contributed by atoms with E-state index in [2.05, 4.69) is 11.7 Å². The van der Waals surface area contributed by atoms with Crippen LogP contribution in [0, 0.1) is 29.4 Å². The molecule has 0 radical (unpaired) electrons. The summed E-state index contributed by atoms with van der Waals surface area (Å²) in [4.78, 5) is 0. The van der Waals surface area contributed by atoms with E-state index in [0.29, 0.717) is 11.5 Å². The molecule has 0 aliphatic heterocycles. The van der Waals surface area contributed by atoms with E-state index in [9.17, 15) is 17.6 Å². The summed E-state index contributed by atoms with van der Waals surface area (Å²) < 4.78 is 58.8. The van der Waals surface area contributed by atoms with Crippen molar-refractivity contribution in [2.24, 2.45) is 17.8 Å². The predicted molar refractivity (Wildman–Crippen MR) is 114 cm³/mol. The largest absolute Gasteiger partial charge is 0.435 e. The van der Waals surface area contributed by atoms with Gasteiger partial charge in [-0.1, -0.05) is 38.3 Å². The number of benzene rings is 2. The molecule has 168 valence electrons. The van der Waals surface area contributed by atoms with Crippen molar-refractivity contribution in [1.82, 2.24) is 0 Å². The topological polar surface area (TPSA) is 9.23 Å². The van der Waals surface area contributed by atoms with Gasteiger partial charge in [0.2, 0.25) is 0 Å². The van der Waals surface area contributed by atoms with Crippen molar-refractivity contribution in [3.63, 3.8) is 0 Å². The summed E-state index contributed by atoms with van der Waals surface area (Å²) in [6, 6.07) is 8.33. The minimum Gasteiger partial charge on any atom is -0.435 e. The summed E-state index contributed by atoms with van der Waals surface area (Å²) in [5, 5.41) is 0. The van der Waals surface area contributed by atoms with Gasteiger partial charge in [0.05, 0.1) is 5.56 Å². The first-order chi connectivity index (χ1) is 14.9. The fourth-order valence-electron chi connectivity index (χ4n) is 5.87. The predicted octanol–water partition coefficient (Wildman–Crippen LogP) is 8.33. The highest BCUT2D eigenvalue weighted by Crippen LogP contribution is 2.48. The van der Waals surface area contributed by atoms with Crippen molar-refractivity contribution in [1.29, 1.82) is 0 Å². The van der Waals surface area contributed by atoms with Crippen LogP contribution in [0.3, 0.4) is 0 Å². The lowest BCUT2D eigenvalue weighted by atomic mass is 9.63. The Bertz CT molecular complexity index is 856. The zero-order valence-corrected chi connectivity index (χ0v) is 17.9. The third kappa shape index (κ3) is 5.07. The molecule has 0 amide bonds. The molecule has 31 heavy (non-hydrogen) atoms. The number of fused-ring (bicyclic) bond motifs is 1. The molecule has 1 unspecified atom stereocenters. The summed E-state index contributed by atoms with van der Waals surface area (Å²) in [5.74, 6) is 1.24. The Kier molecular flexibility index (Phi) is 6.88. The average molecular weight is 435 g/mol. The van der Waals surface area contributed by atoms with Gasteiger partial charge in [-0.25, -0.2) is 8.78 Å². The van der Waals surface area contributed by atoms with E-state index in [0.717, 1.165) is 36.7 Å². The van der Waals surface area contributed by atoms with Crippen LogP contribution in [-0.2, 0) is 0 Å². The normalized spacial score (nSPS) is 26.0. The van der Waals surface area contributed by atoms with Crippen LogP contribution in [0.25, 0.3) is 11.1 Å². The Labute approximate surface area is 181 Å². The molecule has 0 aromatic heterocycles. The van der Waals surface area contributed by atoms with Crippen LogP contribution >= 0.6 is 0 Å². The molecule has 4 atom stereocenters. The van der Waals surface area contributed by atoms with Crippen molar-refractivity contribution < 1.29 is 22.3 Å². The Morgan fingerprint density at radius 1 is 0.903 bits per heavy atom. The number of ether oxygens (including phenoxy) is 1. The van der Waals surface area contributed by atoms with Crippen LogP contribution in [0.1, 0.15) is 69.8 Å². The molecular weight excluding hydrogens is 404 g/mol. The molecule has 2 aromatic rings. The van der Waals surface area contributed by atoms with E-state index in [-0.39, 0.29) is 17.2 Å². The zero-order valence-electron chi connectivity index (χ0n) is 17.9. The molecule has 2 aliphatic carbocycles. The third-order valence-corrected chi connectivity index (χ3v) is 7.32. The van der Waals surface area contributed by atoms with Crippen molar-refractivity contribution in [3.8, 4) is 16.9 Å². The Morgan fingerprint density at radius 3 is 2.19 bits per heavy atom. The maximum Gasteiger partial charge on any atom is 0.387 e. The Balaban J connectivity index is 1.48. The zero-order chi connectivity index (χ0) is 22.0. The van der Waals surface area contributed by atoms with Crippen LogP contribution < -0.4 is 4.74 Å². The number of halogens is 4. The van der Waals surface area contributed by atoms with Gasteiger partial charge >= 0.3 is 6.61 Å². The fraction of sp³-hybridized carbons (Fsp3) is 0.538. The average Bonchev–Trinajstić information content (AvgIpc) is 2.74. The molecular formula is C26H30F4O. The van der Waals surface area contributed by atoms with Crippen LogP contribution in [0.15, 0.2) is 36.4 Å². The summed E-state index contributed by atoms with van der Waals surface area (Å²) in [6.07, 6.45) is 9.55. The Morgan fingerprint density at radius 2 is 1.55 bits per heavy atom. The molecule has 2 fully saturated rings. The van der Waals surface area contributed by atoms with E-state index < -0.39 is 18.2 Å². The molecule has 2 aromatic carbocycles. The molecule has 0 N–H and O–H groups in total. The van der Waals surface area contributed by atoms with Crippen LogP contribution in [-0.4, -0.2) is 6.61 Å². The second-order valence-electron chi connectivity index (χ2n) is 9.26. The summed E-state index contributed by atoms with van der Waals surface area (Å²) in [7, 11) is 0. The summed E-state index contributed by atoms with van der Waals surface area (Å²) >= 11 is 0. The highest BCUT2D eigenvalue weighted by Gasteiger charge is 2.36. The van der Waals surface area contributed by atoms with Gasteiger partial charge in [-0.15, -0.1) is 0 Å². The van der Waals surface area contributed by atoms with Gasteiger partial charge in [-0.05, 0) is 91.2 Å². The first-order valence-corrected chi connectivity index (χ1v) is 11.5. The first kappa shape index (κ1) is 22.2. The van der Waals surface area contributed by atoms with Crippen LogP contribution in [0.5, 0.6) is 5.75 Å². The standard InChI is InChI=1S/C26H30F4O/c1-2-3-16-4-5-19-13-20(7-6-18(19)12-16)21-14-23(27)25(24(28)15-21)17-8-10-22(11-9-17)31-26(29)30/h8-11,14-16,18-20,26H,2-7,12-13H2,1H3/t16?,18-,19-,20-/m1/s1. The van der Waals surface area contributed by atoms with Crippen molar-refractivity contribution in [2.75, 3.05) is 0 Å². The number of alkyl halides is 2. The molecule has 4 rings (SSSR count). The molecule has 1 nitrogen and oxygen atoms in total. The van der Waals surface area contributed by atoms with Crippen molar-refractivity contribution in [3.05, 3.63) is 53.6 Å². The minimum absolute atomic E-state index is 0.0402. The molecule has 0 heterocycles. The van der Waals surface area contributed by atoms with Gasteiger partial charge in [0.15, 0.2) is 0 Å². The highest BCUT2D eigenvalue weighted by atomic mass is 19.3. The molecule has 2 aliphatic rings. The van der Waals surface area contributed by atoms with E-state index in [1.165, 1.54) is 68.5 Å². The lowest BCUT2D eigenvalue weighted by molar-refractivity contribution is -0.0498. The van der Waals surface area contributed by atoms with Crippen molar-refractivity contribution in [2.45, 2.75) is 70.8 Å². The monoisotopic (exact) mass is 434 g/mol. The molecule has 0 saturated heterocycles.